The van der Waals surface area contributed by atoms with E-state index in [1.165, 1.54) is 12.0 Å². The molecule has 2 aromatic rings. The van der Waals surface area contributed by atoms with Crippen molar-refractivity contribution in [2.75, 3.05) is 23.8 Å². The number of aliphatic carboxylic acids is 1. The predicted molar refractivity (Wildman–Crippen MR) is 132 cm³/mol. The van der Waals surface area contributed by atoms with Crippen LogP contribution in [0, 0.1) is 5.92 Å². The second-order valence-electron chi connectivity index (χ2n) is 10.5. The van der Waals surface area contributed by atoms with E-state index in [4.69, 9.17) is 9.72 Å². The molecule has 3 N–H and O–H groups in total. The molecule has 184 valence electrons. The van der Waals surface area contributed by atoms with Crippen LogP contribution < -0.4 is 10.6 Å². The van der Waals surface area contributed by atoms with Crippen LogP contribution in [0.25, 0.3) is 0 Å². The lowest BCUT2D eigenvalue weighted by Crippen LogP contribution is -2.35. The van der Waals surface area contributed by atoms with Crippen molar-refractivity contribution < 1.29 is 14.6 Å². The molecule has 0 saturated heterocycles. The van der Waals surface area contributed by atoms with E-state index < -0.39 is 12.0 Å². The number of carboxylic acids is 1. The van der Waals surface area contributed by atoms with Crippen molar-refractivity contribution in [1.82, 2.24) is 15.0 Å². The molecule has 8 nitrogen and oxygen atoms in total. The minimum atomic E-state index is -0.924. The van der Waals surface area contributed by atoms with Gasteiger partial charge in [-0.3, -0.25) is 0 Å². The van der Waals surface area contributed by atoms with Gasteiger partial charge in [0.15, 0.2) is 0 Å². The molecule has 3 heterocycles. The van der Waals surface area contributed by atoms with Gasteiger partial charge < -0.3 is 20.5 Å². The molecule has 1 aliphatic carbocycles. The first-order valence-corrected chi connectivity index (χ1v) is 12.4. The Balaban J connectivity index is 1.16. The van der Waals surface area contributed by atoms with Crippen molar-refractivity contribution in [1.29, 1.82) is 0 Å². The average Bonchev–Trinajstić information content (AvgIpc) is 2.78. The molecule has 0 aromatic carbocycles. The normalized spacial score (nSPS) is 20.6. The minimum absolute atomic E-state index is 0.130. The van der Waals surface area contributed by atoms with Gasteiger partial charge in [0, 0.05) is 36.9 Å². The van der Waals surface area contributed by atoms with Gasteiger partial charge in [-0.1, -0.05) is 26.8 Å². The zero-order valence-electron chi connectivity index (χ0n) is 20.5. The van der Waals surface area contributed by atoms with Crippen molar-refractivity contribution in [3.63, 3.8) is 0 Å². The van der Waals surface area contributed by atoms with E-state index in [1.54, 1.807) is 6.20 Å². The Bertz CT molecular complexity index is 985. The van der Waals surface area contributed by atoms with E-state index in [0.717, 1.165) is 55.9 Å². The van der Waals surface area contributed by atoms with Gasteiger partial charge in [-0.15, -0.1) is 0 Å². The third kappa shape index (κ3) is 6.44. The Morgan fingerprint density at radius 1 is 1.26 bits per heavy atom. The van der Waals surface area contributed by atoms with Crippen LogP contribution in [0.5, 0.6) is 0 Å². The minimum Gasteiger partial charge on any atom is -0.480 e. The lowest BCUT2D eigenvalue weighted by Gasteiger charge is -2.35. The lowest BCUT2D eigenvalue weighted by molar-refractivity contribution is -0.138. The van der Waals surface area contributed by atoms with Crippen molar-refractivity contribution >= 4 is 17.7 Å². The molecule has 0 bridgehead atoms. The molecule has 2 aromatic heterocycles. The standard InChI is InChI=1S/C26H37N5O3/c1-26(2,3)22-10-13-28-25(31-22)30-21(24(32)33)11-14-34-20-15-17(16-20)6-8-19-9-7-18-5-4-12-27-23(18)29-19/h7,9-10,13,17,20-21H,4-6,8,11-12,14-16H2,1-3H3,(H,27,29)(H,32,33)(H,28,30,31). The highest BCUT2D eigenvalue weighted by Crippen LogP contribution is 2.34. The zero-order valence-corrected chi connectivity index (χ0v) is 20.5. The summed E-state index contributed by atoms with van der Waals surface area (Å²) in [4.78, 5) is 25.2. The van der Waals surface area contributed by atoms with Gasteiger partial charge in [0.05, 0.1) is 11.8 Å². The number of carboxylic acid groups (broad SMARTS) is 1. The van der Waals surface area contributed by atoms with Crippen LogP contribution in [-0.2, 0) is 27.8 Å². The number of fused-ring (bicyclic) bond motifs is 1. The summed E-state index contributed by atoms with van der Waals surface area (Å²) < 4.78 is 5.96. The number of carbonyl (C=O) groups is 1. The molecular formula is C26H37N5O3. The number of ether oxygens (including phenoxy) is 1. The number of nitrogens with one attached hydrogen (secondary N) is 2. The smallest absolute Gasteiger partial charge is 0.326 e. The molecule has 2 aliphatic rings. The average molecular weight is 468 g/mol. The van der Waals surface area contributed by atoms with E-state index in [0.29, 0.717) is 24.9 Å². The SMILES string of the molecule is CC(C)(C)c1ccnc(NC(CCOC2CC(CCc3ccc4c(n3)NCCC4)C2)C(=O)O)n1. The monoisotopic (exact) mass is 467 g/mol. The second-order valence-corrected chi connectivity index (χ2v) is 10.5. The highest BCUT2D eigenvalue weighted by atomic mass is 16.5. The third-order valence-electron chi connectivity index (χ3n) is 6.74. The van der Waals surface area contributed by atoms with E-state index in [1.807, 2.05) is 6.07 Å². The van der Waals surface area contributed by atoms with Crippen LogP contribution >= 0.6 is 0 Å². The molecule has 0 spiro atoms. The first-order chi connectivity index (χ1) is 16.3. The van der Waals surface area contributed by atoms with Crippen molar-refractivity contribution in [2.45, 2.75) is 83.3 Å². The molecule has 34 heavy (non-hydrogen) atoms. The highest BCUT2D eigenvalue weighted by Gasteiger charge is 2.30. The number of pyridine rings is 1. The van der Waals surface area contributed by atoms with Gasteiger partial charge >= 0.3 is 5.97 Å². The lowest BCUT2D eigenvalue weighted by atomic mass is 9.79. The van der Waals surface area contributed by atoms with E-state index >= 15 is 0 Å². The number of rotatable bonds is 10. The highest BCUT2D eigenvalue weighted by molar-refractivity contribution is 5.76. The van der Waals surface area contributed by atoms with Crippen molar-refractivity contribution in [3.05, 3.63) is 41.3 Å². The molecule has 4 rings (SSSR count). The van der Waals surface area contributed by atoms with E-state index in [-0.39, 0.29) is 11.5 Å². The topological polar surface area (TPSA) is 109 Å². The maximum Gasteiger partial charge on any atom is 0.326 e. The summed E-state index contributed by atoms with van der Waals surface area (Å²) >= 11 is 0. The Kier molecular flexibility index (Phi) is 7.66. The van der Waals surface area contributed by atoms with Gasteiger partial charge in [-0.2, -0.15) is 0 Å². The first kappa shape index (κ1) is 24.4. The molecular weight excluding hydrogens is 430 g/mol. The van der Waals surface area contributed by atoms with Crippen LogP contribution in [-0.4, -0.2) is 51.3 Å². The molecule has 8 heteroatoms. The maximum atomic E-state index is 11.7. The second kappa shape index (κ2) is 10.7. The molecule has 1 atom stereocenters. The first-order valence-electron chi connectivity index (χ1n) is 12.4. The summed E-state index contributed by atoms with van der Waals surface area (Å²) in [5, 5.41) is 16.0. The van der Waals surface area contributed by atoms with E-state index in [2.05, 4.69) is 53.5 Å². The molecule has 1 fully saturated rings. The Hall–Kier alpha value is -2.74. The zero-order chi connectivity index (χ0) is 24.1. The van der Waals surface area contributed by atoms with Crippen LogP contribution in [0.4, 0.5) is 11.8 Å². The summed E-state index contributed by atoms with van der Waals surface area (Å²) in [5.41, 5.74) is 3.22. The van der Waals surface area contributed by atoms with Crippen LogP contribution in [0.3, 0.4) is 0 Å². The van der Waals surface area contributed by atoms with Gasteiger partial charge in [-0.25, -0.2) is 19.7 Å². The summed E-state index contributed by atoms with van der Waals surface area (Å²) in [6, 6.07) is 5.46. The maximum absolute atomic E-state index is 11.7. The quantitative estimate of drug-likeness (QED) is 0.477. The van der Waals surface area contributed by atoms with Crippen LogP contribution in [0.15, 0.2) is 24.4 Å². The van der Waals surface area contributed by atoms with Gasteiger partial charge in [0.25, 0.3) is 0 Å². The largest absolute Gasteiger partial charge is 0.480 e. The summed E-state index contributed by atoms with van der Waals surface area (Å²) in [6.07, 6.45) is 8.72. The predicted octanol–water partition coefficient (Wildman–Crippen LogP) is 4.21. The fourth-order valence-corrected chi connectivity index (χ4v) is 4.52. The fourth-order valence-electron chi connectivity index (χ4n) is 4.52. The third-order valence-corrected chi connectivity index (χ3v) is 6.74. The Labute approximate surface area is 202 Å². The van der Waals surface area contributed by atoms with Crippen LogP contribution in [0.1, 0.15) is 69.8 Å². The van der Waals surface area contributed by atoms with E-state index in [9.17, 15) is 9.90 Å². The number of anilines is 2. The van der Waals surface area contributed by atoms with Crippen LogP contribution in [0.2, 0.25) is 0 Å². The summed E-state index contributed by atoms with van der Waals surface area (Å²) in [6.45, 7) is 7.61. The molecule has 1 unspecified atom stereocenters. The molecule has 0 radical (unpaired) electrons. The number of aryl methyl sites for hydroxylation is 2. The Morgan fingerprint density at radius 2 is 2.09 bits per heavy atom. The molecule has 1 aliphatic heterocycles. The van der Waals surface area contributed by atoms with Crippen molar-refractivity contribution in [3.8, 4) is 0 Å². The number of hydrogen-bond donors (Lipinski definition) is 3. The van der Waals surface area contributed by atoms with Gasteiger partial charge in [-0.05, 0) is 62.1 Å². The fraction of sp³-hybridized carbons (Fsp3) is 0.615. The van der Waals surface area contributed by atoms with Gasteiger partial charge in [0.2, 0.25) is 5.95 Å². The number of aromatic nitrogens is 3. The van der Waals surface area contributed by atoms with Gasteiger partial charge in [0.1, 0.15) is 11.9 Å². The number of hydrogen-bond acceptors (Lipinski definition) is 7. The summed E-state index contributed by atoms with van der Waals surface area (Å²) in [7, 11) is 0. The summed E-state index contributed by atoms with van der Waals surface area (Å²) in [5.74, 6) is 1.13. The molecule has 0 amide bonds. The molecule has 1 saturated carbocycles. The Morgan fingerprint density at radius 3 is 2.85 bits per heavy atom. The number of nitrogens with zero attached hydrogens (tertiary/aromatic N) is 3. The van der Waals surface area contributed by atoms with Crippen molar-refractivity contribution in [2.24, 2.45) is 5.92 Å².